The summed E-state index contributed by atoms with van der Waals surface area (Å²) in [6.45, 7) is 20.0. The molecule has 20 atom stereocenters. The topological polar surface area (TPSA) is 266 Å². The smallest absolute Gasteiger partial charge is 0.311 e. The first-order valence-corrected chi connectivity index (χ1v) is 29.6. The van der Waals surface area contributed by atoms with E-state index in [1.54, 1.807) is 67.4 Å². The summed E-state index contributed by atoms with van der Waals surface area (Å²) >= 11 is 0. The van der Waals surface area contributed by atoms with E-state index in [-0.39, 0.29) is 19.3 Å². The zero-order valence-electron chi connectivity index (χ0n) is 51.9. The van der Waals surface area contributed by atoms with Gasteiger partial charge < -0.3 is 77.7 Å². The highest BCUT2D eigenvalue weighted by Crippen LogP contribution is 2.43. The SMILES string of the molecule is CC[C@H]1OC(=O)[C@H](C)[C@@H](O[C@H]2C[C@@](C)(OC)[C@@H](O)[C@H](C)O2)[C@H](C)[C@@H](O[C@@H]2O[C@H](C)C[C@H](N(C)CCc3cn([C@H](CF)[C@H](OC)c4ccc(-c5cnc(N6CCOCC6)nc5)cc4)nn3)[C@H]2O)[C@](C)(OC)C[C@@H](C)/C(=N\OC)[C@H](C)[C@@H](O)[C@]1(C)O. The highest BCUT2D eigenvalue weighted by Gasteiger charge is 2.54. The van der Waals surface area contributed by atoms with Crippen LogP contribution in [0.25, 0.3) is 11.1 Å². The first kappa shape index (κ1) is 67.1. The van der Waals surface area contributed by atoms with Gasteiger partial charge in [0, 0.05) is 102 Å². The van der Waals surface area contributed by atoms with Crippen molar-refractivity contribution in [1.29, 1.82) is 0 Å². The van der Waals surface area contributed by atoms with Crippen LogP contribution in [0.2, 0.25) is 0 Å². The maximum atomic E-state index is 15.1. The minimum Gasteiger partial charge on any atom is -0.459 e. The van der Waals surface area contributed by atoms with Gasteiger partial charge in [0.15, 0.2) is 12.6 Å². The van der Waals surface area contributed by atoms with Crippen LogP contribution < -0.4 is 4.90 Å². The fourth-order valence-corrected chi connectivity index (χ4v) is 12.9. The Morgan fingerprint density at radius 3 is 2.15 bits per heavy atom. The number of aliphatic hydroxyl groups excluding tert-OH is 3. The third-order valence-corrected chi connectivity index (χ3v) is 18.3. The predicted octanol–water partition coefficient (Wildman–Crippen LogP) is 5.27. The molecule has 472 valence electrons. The number of anilines is 1. The number of oxime groups is 1. The molecule has 3 aromatic rings. The van der Waals surface area contributed by atoms with Gasteiger partial charge in [-0.2, -0.15) is 0 Å². The molecule has 0 saturated carbocycles. The summed E-state index contributed by atoms with van der Waals surface area (Å²) in [6, 6.07) is 6.36. The lowest BCUT2D eigenvalue weighted by molar-refractivity contribution is -0.319. The van der Waals surface area contributed by atoms with Crippen molar-refractivity contribution < 1.29 is 77.1 Å². The van der Waals surface area contributed by atoms with Crippen LogP contribution in [0.15, 0.2) is 48.0 Å². The average molecular weight is 1190 g/mol. The second kappa shape index (κ2) is 29.1. The van der Waals surface area contributed by atoms with Crippen LogP contribution >= 0.6 is 0 Å². The Morgan fingerprint density at radius 1 is 0.881 bits per heavy atom. The lowest BCUT2D eigenvalue weighted by Crippen LogP contribution is -2.61. The van der Waals surface area contributed by atoms with Crippen molar-refractivity contribution in [3.63, 3.8) is 0 Å². The molecule has 4 aliphatic rings. The fourth-order valence-electron chi connectivity index (χ4n) is 12.9. The molecule has 0 spiro atoms. The van der Waals surface area contributed by atoms with Crippen LogP contribution in [-0.2, 0) is 58.7 Å². The number of halogens is 1. The van der Waals surface area contributed by atoms with Gasteiger partial charge in [-0.25, -0.2) is 19.0 Å². The molecule has 0 radical (unpaired) electrons. The van der Waals surface area contributed by atoms with Crippen LogP contribution in [0, 0.1) is 23.7 Å². The third kappa shape index (κ3) is 14.9. The Kier molecular flexibility index (Phi) is 23.2. The van der Waals surface area contributed by atoms with Crippen molar-refractivity contribution in [1.82, 2.24) is 29.9 Å². The largest absolute Gasteiger partial charge is 0.459 e. The van der Waals surface area contributed by atoms with E-state index in [1.807, 2.05) is 63.9 Å². The molecule has 0 aliphatic carbocycles. The molecule has 2 aromatic heterocycles. The minimum atomic E-state index is -1.94. The molecule has 4 saturated heterocycles. The average Bonchev–Trinajstić information content (AvgIpc) is 3.85. The molecule has 7 rings (SSSR count). The van der Waals surface area contributed by atoms with E-state index in [0.717, 1.165) is 29.8 Å². The van der Waals surface area contributed by atoms with Gasteiger partial charge in [0.25, 0.3) is 0 Å². The number of hydrogen-bond donors (Lipinski definition) is 4. The van der Waals surface area contributed by atoms with Gasteiger partial charge in [0.1, 0.15) is 49.8 Å². The number of cyclic esters (lactones) is 1. The number of morpholine rings is 1. The zero-order chi connectivity index (χ0) is 61.4. The van der Waals surface area contributed by atoms with E-state index in [4.69, 9.17) is 47.5 Å². The lowest BCUT2D eigenvalue weighted by atomic mass is 9.73. The molecule has 0 unspecified atom stereocenters. The quantitative estimate of drug-likeness (QED) is 0.0880. The van der Waals surface area contributed by atoms with Crippen LogP contribution in [0.1, 0.15) is 118 Å². The van der Waals surface area contributed by atoms with Crippen molar-refractivity contribution in [3.8, 4) is 11.1 Å². The summed E-state index contributed by atoms with van der Waals surface area (Å²) in [4.78, 5) is 33.3. The molecule has 4 fully saturated rings. The number of hydrogen-bond acceptors (Lipinski definition) is 22. The van der Waals surface area contributed by atoms with Crippen LogP contribution in [0.3, 0.4) is 0 Å². The number of likely N-dealkylation sites (N-methyl/N-ethyl adjacent to an activating group) is 1. The van der Waals surface area contributed by atoms with E-state index >= 15 is 4.39 Å². The second-order valence-electron chi connectivity index (χ2n) is 24.3. The Morgan fingerprint density at radius 2 is 1.55 bits per heavy atom. The number of methoxy groups -OCH3 is 3. The van der Waals surface area contributed by atoms with Crippen molar-refractivity contribution in [2.45, 2.75) is 198 Å². The van der Waals surface area contributed by atoms with Crippen LogP contribution in [-0.4, -0.2) is 221 Å². The van der Waals surface area contributed by atoms with Crippen molar-refractivity contribution in [2.24, 2.45) is 28.8 Å². The number of carbonyl (C=O) groups excluding carboxylic acids is 1. The van der Waals surface area contributed by atoms with E-state index in [0.29, 0.717) is 50.0 Å². The Labute approximate surface area is 494 Å². The molecular weight excluding hydrogens is 1090 g/mol. The molecule has 23 nitrogen and oxygen atoms in total. The molecule has 1 aromatic carbocycles. The Balaban J connectivity index is 1.12. The summed E-state index contributed by atoms with van der Waals surface area (Å²) < 4.78 is 73.5. The Hall–Kier alpha value is -4.41. The monoisotopic (exact) mass is 1190 g/mol. The molecule has 0 amide bonds. The number of rotatable bonds is 19. The van der Waals surface area contributed by atoms with Gasteiger partial charge in [-0.05, 0) is 79.0 Å². The zero-order valence-corrected chi connectivity index (χ0v) is 51.9. The fraction of sp³-hybridized carbons (Fsp3) is 0.767. The van der Waals surface area contributed by atoms with Crippen molar-refractivity contribution in [2.75, 3.05) is 79.9 Å². The summed E-state index contributed by atoms with van der Waals surface area (Å²) in [6.07, 6.45) is -4.45. The van der Waals surface area contributed by atoms with E-state index in [1.165, 1.54) is 25.8 Å². The van der Waals surface area contributed by atoms with Gasteiger partial charge in [-0.1, -0.05) is 62.3 Å². The maximum absolute atomic E-state index is 15.1. The first-order chi connectivity index (χ1) is 39.9. The molecule has 0 bridgehead atoms. The van der Waals surface area contributed by atoms with Crippen LogP contribution in [0.5, 0.6) is 0 Å². The number of esters is 1. The summed E-state index contributed by atoms with van der Waals surface area (Å²) in [5, 5.41) is 61.0. The van der Waals surface area contributed by atoms with Crippen molar-refractivity contribution >= 4 is 17.6 Å². The number of benzene rings is 1. The van der Waals surface area contributed by atoms with Crippen LogP contribution in [0.4, 0.5) is 10.3 Å². The molecule has 24 heteroatoms. The van der Waals surface area contributed by atoms with Gasteiger partial charge in [0.2, 0.25) is 5.95 Å². The Bertz CT molecular complexity index is 2560. The molecule has 4 N–H and O–H groups in total. The lowest BCUT2D eigenvalue weighted by Gasteiger charge is -2.50. The van der Waals surface area contributed by atoms with E-state index < -0.39 is 133 Å². The minimum absolute atomic E-state index is 0.0893. The molecular formula is C60H95FN8O15. The third-order valence-electron chi connectivity index (χ3n) is 18.3. The summed E-state index contributed by atoms with van der Waals surface area (Å²) in [5.74, 6) is -3.21. The van der Waals surface area contributed by atoms with Crippen molar-refractivity contribution in [3.05, 3.63) is 54.1 Å². The van der Waals surface area contributed by atoms with E-state index in [9.17, 15) is 25.2 Å². The van der Waals surface area contributed by atoms with E-state index in [2.05, 4.69) is 30.3 Å². The number of alkyl halides is 1. The highest BCUT2D eigenvalue weighted by atomic mass is 19.1. The first-order valence-electron chi connectivity index (χ1n) is 29.6. The number of aromatic nitrogens is 5. The van der Waals surface area contributed by atoms with Gasteiger partial charge >= 0.3 is 5.97 Å². The predicted molar refractivity (Wildman–Crippen MR) is 308 cm³/mol. The summed E-state index contributed by atoms with van der Waals surface area (Å²) in [5.41, 5.74) is -0.793. The number of aliphatic hydroxyl groups is 4. The van der Waals surface area contributed by atoms with Gasteiger partial charge in [-0.3, -0.25) is 4.79 Å². The second-order valence-corrected chi connectivity index (χ2v) is 24.3. The molecule has 84 heavy (non-hydrogen) atoms. The number of nitrogens with zero attached hydrogens (tertiary/aromatic N) is 8. The van der Waals surface area contributed by atoms with Gasteiger partial charge in [0.05, 0.1) is 72.3 Å². The number of carbonyl (C=O) groups is 1. The molecule has 4 aliphatic heterocycles. The highest BCUT2D eigenvalue weighted by molar-refractivity contribution is 5.88. The maximum Gasteiger partial charge on any atom is 0.311 e. The normalized spacial score (nSPS) is 37.2. The van der Waals surface area contributed by atoms with Gasteiger partial charge in [-0.15, -0.1) is 5.10 Å². The summed E-state index contributed by atoms with van der Waals surface area (Å²) in [7, 11) is 7.90. The number of ether oxygens (including phenoxy) is 9. The molecule has 6 heterocycles. The standard InChI is InChI=1S/C60H95FN8O15/c1-16-46-60(10,74)52(71)36(4)48(65-78-15)34(2)28-59(9,77-14)54(37(5)50(38(6)55(73)82-46)83-47-29-58(8,76-13)53(72)39(7)81-47)84-56-49(70)44(27-35(3)80-56)67(11)22-21-43-33-69(66-64-43)45(30-61)51(75-12)41-19-17-40(18-20-41)42-31-62-57(63-32-42)68-23-25-79-26-24-68/h17-20,31-39,44-47,49-54,56,70-72,74H,16,21-30H2,1-15H3/b65-48+/t34-,35-,36+,37+,38-,39+,44+,45-,46-,47+,49-,50+,51-,52-,53+,54-,56+,58-,59-,60-/m1/s1.